The molecule has 0 aromatic carbocycles. The van der Waals surface area contributed by atoms with Gasteiger partial charge in [-0.05, 0) is 25.3 Å². The zero-order valence-corrected chi connectivity index (χ0v) is 8.65. The van der Waals surface area contributed by atoms with E-state index in [-0.39, 0.29) is 0 Å². The van der Waals surface area contributed by atoms with E-state index in [1.807, 2.05) is 0 Å². The van der Waals surface area contributed by atoms with E-state index >= 15 is 0 Å². The number of hydrogen-bond acceptors (Lipinski definition) is 1. The molecule has 1 nitrogen and oxygen atoms in total. The molecule has 0 saturated carbocycles. The number of hydrogen-bond donors (Lipinski definition) is 1. The van der Waals surface area contributed by atoms with Gasteiger partial charge >= 0.3 is 0 Å². The third kappa shape index (κ3) is 5.25. The zero-order valence-electron chi connectivity index (χ0n) is 8.65. The van der Waals surface area contributed by atoms with Crippen LogP contribution in [0.4, 0.5) is 0 Å². The first-order chi connectivity index (χ1) is 5.07. The molecular formula is C10H23N. The molecule has 68 valence electrons. The molecule has 0 amide bonds. The van der Waals surface area contributed by atoms with Gasteiger partial charge in [0.25, 0.3) is 0 Å². The van der Waals surface area contributed by atoms with Gasteiger partial charge < -0.3 is 5.32 Å². The minimum absolute atomic E-state index is 0.669. The van der Waals surface area contributed by atoms with Crippen molar-refractivity contribution in [3.63, 3.8) is 0 Å². The summed E-state index contributed by atoms with van der Waals surface area (Å²) in [5, 5.41) is 3.53. The SMILES string of the molecule is CC[C@H](C)C(C)NCC(C)C. The van der Waals surface area contributed by atoms with E-state index in [9.17, 15) is 0 Å². The normalized spacial score (nSPS) is 16.9. The first-order valence-electron chi connectivity index (χ1n) is 4.81. The van der Waals surface area contributed by atoms with Crippen molar-refractivity contribution in [2.75, 3.05) is 6.54 Å². The molecule has 1 heteroatoms. The van der Waals surface area contributed by atoms with Crippen molar-refractivity contribution in [1.29, 1.82) is 0 Å². The molecule has 0 fully saturated rings. The molecule has 0 saturated heterocycles. The summed E-state index contributed by atoms with van der Waals surface area (Å²) >= 11 is 0. The largest absolute Gasteiger partial charge is 0.314 e. The van der Waals surface area contributed by atoms with E-state index in [2.05, 4.69) is 39.9 Å². The van der Waals surface area contributed by atoms with Gasteiger partial charge in [-0.15, -0.1) is 0 Å². The van der Waals surface area contributed by atoms with Crippen LogP contribution in [0.3, 0.4) is 0 Å². The molecule has 2 atom stereocenters. The molecule has 0 bridgehead atoms. The maximum atomic E-state index is 3.53. The lowest BCUT2D eigenvalue weighted by atomic mass is 10.0. The van der Waals surface area contributed by atoms with Gasteiger partial charge in [0.2, 0.25) is 0 Å². The zero-order chi connectivity index (χ0) is 8.85. The fraction of sp³-hybridized carbons (Fsp3) is 1.00. The van der Waals surface area contributed by atoms with E-state index in [4.69, 9.17) is 0 Å². The van der Waals surface area contributed by atoms with E-state index in [0.717, 1.165) is 18.4 Å². The summed E-state index contributed by atoms with van der Waals surface area (Å²) in [7, 11) is 0. The summed E-state index contributed by atoms with van der Waals surface area (Å²) < 4.78 is 0. The second-order valence-corrected chi connectivity index (χ2v) is 3.98. The highest BCUT2D eigenvalue weighted by atomic mass is 14.9. The van der Waals surface area contributed by atoms with Gasteiger partial charge in [0.15, 0.2) is 0 Å². The van der Waals surface area contributed by atoms with Gasteiger partial charge in [-0.2, -0.15) is 0 Å². The fourth-order valence-electron chi connectivity index (χ4n) is 0.976. The Kier molecular flexibility index (Phi) is 5.57. The van der Waals surface area contributed by atoms with Crippen LogP contribution in [-0.4, -0.2) is 12.6 Å². The predicted octanol–water partition coefficient (Wildman–Crippen LogP) is 2.67. The second-order valence-electron chi connectivity index (χ2n) is 3.98. The van der Waals surface area contributed by atoms with Crippen LogP contribution < -0.4 is 5.32 Å². The van der Waals surface area contributed by atoms with Gasteiger partial charge in [0, 0.05) is 6.04 Å². The first-order valence-corrected chi connectivity index (χ1v) is 4.81. The van der Waals surface area contributed by atoms with Gasteiger partial charge in [-0.3, -0.25) is 0 Å². The third-order valence-corrected chi connectivity index (χ3v) is 2.35. The van der Waals surface area contributed by atoms with Crippen molar-refractivity contribution in [2.45, 2.75) is 47.1 Å². The minimum Gasteiger partial charge on any atom is -0.314 e. The Balaban J connectivity index is 3.43. The Hall–Kier alpha value is -0.0400. The van der Waals surface area contributed by atoms with Crippen LogP contribution in [0, 0.1) is 11.8 Å². The second kappa shape index (κ2) is 5.59. The average molecular weight is 157 g/mol. The number of nitrogens with one attached hydrogen (secondary N) is 1. The minimum atomic E-state index is 0.669. The molecule has 0 aliphatic carbocycles. The average Bonchev–Trinajstić information content (AvgIpc) is 1.98. The van der Waals surface area contributed by atoms with Crippen molar-refractivity contribution in [2.24, 2.45) is 11.8 Å². The van der Waals surface area contributed by atoms with E-state index in [1.165, 1.54) is 6.42 Å². The van der Waals surface area contributed by atoms with E-state index < -0.39 is 0 Å². The molecule has 0 aliphatic heterocycles. The van der Waals surface area contributed by atoms with Crippen molar-refractivity contribution in [3.05, 3.63) is 0 Å². The monoisotopic (exact) mass is 157 g/mol. The highest BCUT2D eigenvalue weighted by molar-refractivity contribution is 4.67. The van der Waals surface area contributed by atoms with Gasteiger partial charge in [0.05, 0.1) is 0 Å². The summed E-state index contributed by atoms with van der Waals surface area (Å²) in [4.78, 5) is 0. The molecule has 11 heavy (non-hydrogen) atoms. The smallest absolute Gasteiger partial charge is 0.00643 e. The summed E-state index contributed by atoms with van der Waals surface area (Å²) in [6.45, 7) is 12.5. The summed E-state index contributed by atoms with van der Waals surface area (Å²) in [5.74, 6) is 1.57. The lowest BCUT2D eigenvalue weighted by Gasteiger charge is -2.20. The van der Waals surface area contributed by atoms with Crippen molar-refractivity contribution < 1.29 is 0 Å². The van der Waals surface area contributed by atoms with Gasteiger partial charge in [-0.25, -0.2) is 0 Å². The molecule has 0 aromatic heterocycles. The van der Waals surface area contributed by atoms with E-state index in [0.29, 0.717) is 6.04 Å². The van der Waals surface area contributed by atoms with Gasteiger partial charge in [-0.1, -0.05) is 34.1 Å². The third-order valence-electron chi connectivity index (χ3n) is 2.35. The van der Waals surface area contributed by atoms with E-state index in [1.54, 1.807) is 0 Å². The molecule has 1 N–H and O–H groups in total. The quantitative estimate of drug-likeness (QED) is 0.647. The molecule has 0 heterocycles. The van der Waals surface area contributed by atoms with Crippen LogP contribution in [0.1, 0.15) is 41.0 Å². The molecule has 0 radical (unpaired) electrons. The Morgan fingerprint density at radius 3 is 2.00 bits per heavy atom. The van der Waals surface area contributed by atoms with Gasteiger partial charge in [0.1, 0.15) is 0 Å². The summed E-state index contributed by atoms with van der Waals surface area (Å²) in [5.41, 5.74) is 0. The molecule has 0 aromatic rings. The number of rotatable bonds is 5. The summed E-state index contributed by atoms with van der Waals surface area (Å²) in [6, 6.07) is 0.669. The van der Waals surface area contributed by atoms with Crippen LogP contribution >= 0.6 is 0 Å². The molecular weight excluding hydrogens is 134 g/mol. The summed E-state index contributed by atoms with van der Waals surface area (Å²) in [6.07, 6.45) is 1.27. The highest BCUT2D eigenvalue weighted by Crippen LogP contribution is 2.06. The van der Waals surface area contributed by atoms with Crippen LogP contribution in [0.15, 0.2) is 0 Å². The van der Waals surface area contributed by atoms with Crippen LogP contribution in [-0.2, 0) is 0 Å². The van der Waals surface area contributed by atoms with Crippen molar-refractivity contribution in [3.8, 4) is 0 Å². The van der Waals surface area contributed by atoms with Crippen LogP contribution in [0.5, 0.6) is 0 Å². The molecule has 0 aliphatic rings. The highest BCUT2D eigenvalue weighted by Gasteiger charge is 2.08. The maximum Gasteiger partial charge on any atom is 0.00643 e. The molecule has 0 spiro atoms. The Morgan fingerprint density at radius 1 is 1.09 bits per heavy atom. The molecule has 0 rings (SSSR count). The van der Waals surface area contributed by atoms with Crippen molar-refractivity contribution in [1.82, 2.24) is 5.32 Å². The van der Waals surface area contributed by atoms with Crippen molar-refractivity contribution >= 4 is 0 Å². The maximum absolute atomic E-state index is 3.53. The lowest BCUT2D eigenvalue weighted by molar-refractivity contribution is 0.372. The predicted molar refractivity (Wildman–Crippen MR) is 51.8 cm³/mol. The molecule has 1 unspecified atom stereocenters. The van der Waals surface area contributed by atoms with Crippen LogP contribution in [0.2, 0.25) is 0 Å². The Morgan fingerprint density at radius 2 is 1.64 bits per heavy atom. The fourth-order valence-corrected chi connectivity index (χ4v) is 0.976. The van der Waals surface area contributed by atoms with Crippen LogP contribution in [0.25, 0.3) is 0 Å². The first kappa shape index (κ1) is 11.0. The lowest BCUT2D eigenvalue weighted by Crippen LogP contribution is -2.34. The topological polar surface area (TPSA) is 12.0 Å². The Labute approximate surface area is 71.6 Å². The Bertz CT molecular complexity index is 88.9. The standard InChI is InChI=1S/C10H23N/c1-6-9(4)10(5)11-7-8(2)3/h8-11H,6-7H2,1-5H3/t9-,10?/m0/s1.